The standard InChI is InChI=1S/C27H21ClN2O2/c1-27(25(31)23-17-29-16-22(23)18-8-4-2-5-9-18)24(19-12-14-21(28)15-13-19)30-32-26(27)20-10-6-3-7-11-20/h2-17,26,29H,1H3. The predicted molar refractivity (Wildman–Crippen MR) is 127 cm³/mol. The maximum atomic E-state index is 14.3. The highest BCUT2D eigenvalue weighted by Gasteiger charge is 2.53. The first-order valence-electron chi connectivity index (χ1n) is 10.4. The molecule has 0 fully saturated rings. The molecule has 32 heavy (non-hydrogen) atoms. The summed E-state index contributed by atoms with van der Waals surface area (Å²) in [7, 11) is 0. The third kappa shape index (κ3) is 3.33. The predicted octanol–water partition coefficient (Wildman–Crippen LogP) is 6.70. The van der Waals surface area contributed by atoms with Crippen molar-refractivity contribution < 1.29 is 9.63 Å². The number of carbonyl (C=O) groups is 1. The van der Waals surface area contributed by atoms with Crippen LogP contribution in [0.5, 0.6) is 0 Å². The topological polar surface area (TPSA) is 54.5 Å². The number of nitrogens with zero attached hydrogens (tertiary/aromatic N) is 1. The number of Topliss-reactive ketones (excluding diaryl/α,β-unsaturated/α-hetero) is 1. The lowest BCUT2D eigenvalue weighted by Crippen LogP contribution is -2.39. The molecule has 2 unspecified atom stereocenters. The van der Waals surface area contributed by atoms with Gasteiger partial charge in [0.25, 0.3) is 0 Å². The van der Waals surface area contributed by atoms with E-state index in [9.17, 15) is 4.79 Å². The largest absolute Gasteiger partial charge is 0.386 e. The van der Waals surface area contributed by atoms with Crippen LogP contribution in [0.3, 0.4) is 0 Å². The molecule has 0 amide bonds. The van der Waals surface area contributed by atoms with Gasteiger partial charge in [0.2, 0.25) is 0 Å². The van der Waals surface area contributed by atoms with Crippen molar-refractivity contribution in [3.63, 3.8) is 0 Å². The fourth-order valence-corrected chi connectivity index (χ4v) is 4.45. The molecule has 0 bridgehead atoms. The van der Waals surface area contributed by atoms with Crippen molar-refractivity contribution in [1.82, 2.24) is 4.98 Å². The quantitative estimate of drug-likeness (QED) is 0.351. The molecule has 1 N–H and O–H groups in total. The highest BCUT2D eigenvalue weighted by Crippen LogP contribution is 2.48. The van der Waals surface area contributed by atoms with Gasteiger partial charge in [-0.2, -0.15) is 0 Å². The van der Waals surface area contributed by atoms with E-state index in [1.807, 2.05) is 85.9 Å². The first kappa shape index (κ1) is 20.3. The average Bonchev–Trinajstić information content (AvgIpc) is 3.46. The Bertz CT molecular complexity index is 1280. The molecule has 0 saturated heterocycles. The molecule has 0 spiro atoms. The van der Waals surface area contributed by atoms with Crippen LogP contribution in [0, 0.1) is 5.41 Å². The number of nitrogens with one attached hydrogen (secondary N) is 1. The van der Waals surface area contributed by atoms with Crippen LogP contribution in [-0.2, 0) is 4.84 Å². The van der Waals surface area contributed by atoms with E-state index < -0.39 is 11.5 Å². The van der Waals surface area contributed by atoms with E-state index in [-0.39, 0.29) is 5.78 Å². The zero-order valence-corrected chi connectivity index (χ0v) is 18.2. The molecule has 1 aliphatic rings. The summed E-state index contributed by atoms with van der Waals surface area (Å²) in [5, 5.41) is 5.05. The first-order chi connectivity index (χ1) is 15.6. The van der Waals surface area contributed by atoms with Crippen molar-refractivity contribution in [2.24, 2.45) is 10.6 Å². The first-order valence-corrected chi connectivity index (χ1v) is 10.8. The number of aromatic nitrogens is 1. The van der Waals surface area contributed by atoms with Gasteiger partial charge < -0.3 is 9.82 Å². The Morgan fingerprint density at radius 1 is 0.906 bits per heavy atom. The molecule has 2 atom stereocenters. The Kier molecular flexibility index (Phi) is 5.16. The number of aromatic amines is 1. The highest BCUT2D eigenvalue weighted by atomic mass is 35.5. The summed E-state index contributed by atoms with van der Waals surface area (Å²) >= 11 is 6.10. The van der Waals surface area contributed by atoms with Crippen LogP contribution in [0.4, 0.5) is 0 Å². The molecule has 1 aliphatic heterocycles. The summed E-state index contributed by atoms with van der Waals surface area (Å²) in [6.07, 6.45) is 3.06. The summed E-state index contributed by atoms with van der Waals surface area (Å²) in [6, 6.07) is 27.0. The van der Waals surface area contributed by atoms with Gasteiger partial charge in [-0.1, -0.05) is 89.6 Å². The van der Waals surface area contributed by atoms with Gasteiger partial charge in [-0.3, -0.25) is 4.79 Å². The number of hydrogen-bond acceptors (Lipinski definition) is 3. The third-order valence-corrected chi connectivity index (χ3v) is 6.28. The van der Waals surface area contributed by atoms with E-state index in [0.29, 0.717) is 16.3 Å². The summed E-state index contributed by atoms with van der Waals surface area (Å²) < 4.78 is 0. The average molecular weight is 441 g/mol. The van der Waals surface area contributed by atoms with Crippen LogP contribution in [-0.4, -0.2) is 16.5 Å². The molecule has 4 aromatic rings. The summed E-state index contributed by atoms with van der Waals surface area (Å²) in [6.45, 7) is 1.91. The summed E-state index contributed by atoms with van der Waals surface area (Å²) in [5.41, 5.74) is 3.68. The number of H-pyrrole nitrogens is 1. The fourth-order valence-electron chi connectivity index (χ4n) is 4.33. The molecule has 4 nitrogen and oxygen atoms in total. The van der Waals surface area contributed by atoms with Gasteiger partial charge in [0.05, 0.1) is 0 Å². The van der Waals surface area contributed by atoms with Gasteiger partial charge in [0.1, 0.15) is 11.1 Å². The molecule has 2 heterocycles. The van der Waals surface area contributed by atoms with Crippen LogP contribution in [0.25, 0.3) is 11.1 Å². The van der Waals surface area contributed by atoms with Crippen molar-refractivity contribution in [2.45, 2.75) is 13.0 Å². The molecular formula is C27H21ClN2O2. The lowest BCUT2D eigenvalue weighted by atomic mass is 9.69. The monoisotopic (exact) mass is 440 g/mol. The normalized spacial score (nSPS) is 19.9. The number of carbonyl (C=O) groups excluding carboxylic acids is 1. The number of hydrogen-bond donors (Lipinski definition) is 1. The second-order valence-electron chi connectivity index (χ2n) is 8.02. The minimum absolute atomic E-state index is 0.0577. The van der Waals surface area contributed by atoms with E-state index in [0.717, 1.165) is 22.3 Å². The van der Waals surface area contributed by atoms with Gasteiger partial charge in [-0.25, -0.2) is 0 Å². The van der Waals surface area contributed by atoms with Gasteiger partial charge in [0.15, 0.2) is 11.9 Å². The molecule has 0 aliphatic carbocycles. The minimum atomic E-state index is -1.04. The van der Waals surface area contributed by atoms with Crippen LogP contribution in [0.15, 0.2) is 102 Å². The van der Waals surface area contributed by atoms with E-state index in [4.69, 9.17) is 16.4 Å². The van der Waals surface area contributed by atoms with Crippen LogP contribution >= 0.6 is 11.6 Å². The summed E-state index contributed by atoms with van der Waals surface area (Å²) in [5.74, 6) is -0.0577. The summed E-state index contributed by atoms with van der Waals surface area (Å²) in [4.78, 5) is 23.3. The second-order valence-corrected chi connectivity index (χ2v) is 8.46. The Labute approximate surface area is 191 Å². The molecule has 158 valence electrons. The van der Waals surface area contributed by atoms with Crippen molar-refractivity contribution in [1.29, 1.82) is 0 Å². The van der Waals surface area contributed by atoms with Gasteiger partial charge in [0, 0.05) is 34.1 Å². The minimum Gasteiger partial charge on any atom is -0.386 e. The molecule has 5 heteroatoms. The van der Waals surface area contributed by atoms with E-state index in [2.05, 4.69) is 10.1 Å². The van der Waals surface area contributed by atoms with Crippen molar-refractivity contribution >= 4 is 23.1 Å². The Balaban J connectivity index is 1.64. The zero-order valence-electron chi connectivity index (χ0n) is 17.5. The smallest absolute Gasteiger partial charge is 0.181 e. The number of benzene rings is 3. The van der Waals surface area contributed by atoms with Gasteiger partial charge >= 0.3 is 0 Å². The maximum Gasteiger partial charge on any atom is 0.181 e. The van der Waals surface area contributed by atoms with Gasteiger partial charge in [-0.05, 0) is 30.2 Å². The number of ketones is 1. The molecule has 0 radical (unpaired) electrons. The third-order valence-electron chi connectivity index (χ3n) is 6.03. The van der Waals surface area contributed by atoms with Crippen molar-refractivity contribution in [2.75, 3.05) is 0 Å². The van der Waals surface area contributed by atoms with E-state index in [1.165, 1.54) is 0 Å². The highest BCUT2D eigenvalue weighted by molar-refractivity contribution is 6.31. The SMILES string of the molecule is CC1(C(=O)c2c[nH]cc2-c2ccccc2)C(c2ccc(Cl)cc2)=NOC1c1ccccc1. The van der Waals surface area contributed by atoms with Gasteiger partial charge in [-0.15, -0.1) is 0 Å². The van der Waals surface area contributed by atoms with Crippen LogP contribution in [0.1, 0.15) is 34.5 Å². The van der Waals surface area contributed by atoms with Crippen molar-refractivity contribution in [3.05, 3.63) is 119 Å². The number of oxime groups is 1. The lowest BCUT2D eigenvalue weighted by Gasteiger charge is -2.29. The Morgan fingerprint density at radius 2 is 1.56 bits per heavy atom. The van der Waals surface area contributed by atoms with Crippen LogP contribution in [0.2, 0.25) is 5.02 Å². The Morgan fingerprint density at radius 3 is 2.25 bits per heavy atom. The number of halogens is 1. The maximum absolute atomic E-state index is 14.3. The molecule has 3 aromatic carbocycles. The molecule has 0 saturated carbocycles. The number of rotatable bonds is 5. The Hall–Kier alpha value is -3.63. The van der Waals surface area contributed by atoms with Crippen LogP contribution < -0.4 is 0 Å². The van der Waals surface area contributed by atoms with E-state index in [1.54, 1.807) is 18.3 Å². The molecule has 5 rings (SSSR count). The lowest BCUT2D eigenvalue weighted by molar-refractivity contribution is 0.0279. The van der Waals surface area contributed by atoms with E-state index >= 15 is 0 Å². The molecule has 1 aromatic heterocycles. The fraction of sp³-hybridized carbons (Fsp3) is 0.111. The second kappa shape index (κ2) is 8.13. The molecular weight excluding hydrogens is 420 g/mol. The van der Waals surface area contributed by atoms with Crippen molar-refractivity contribution in [3.8, 4) is 11.1 Å². The zero-order chi connectivity index (χ0) is 22.1.